The number of benzene rings is 3. The van der Waals surface area contributed by atoms with Gasteiger partial charge in [0, 0.05) is 28.2 Å². The predicted octanol–water partition coefficient (Wildman–Crippen LogP) is 6.06. The quantitative estimate of drug-likeness (QED) is 0.212. The first-order chi connectivity index (χ1) is 18.8. The topological polar surface area (TPSA) is 83.8 Å². The van der Waals surface area contributed by atoms with Crippen LogP contribution in [0.1, 0.15) is 55.1 Å². The maximum absolute atomic E-state index is 12.7. The van der Waals surface area contributed by atoms with Crippen molar-refractivity contribution in [1.82, 2.24) is 9.99 Å². The van der Waals surface area contributed by atoms with E-state index in [4.69, 9.17) is 0 Å². The molecule has 0 aliphatic carbocycles. The maximum atomic E-state index is 12.7. The molecule has 0 saturated carbocycles. The Morgan fingerprint density at radius 1 is 0.875 bits per heavy atom. The van der Waals surface area contributed by atoms with Gasteiger partial charge >= 0.3 is 0 Å². The van der Waals surface area contributed by atoms with E-state index >= 15 is 0 Å². The number of nitrogens with one attached hydrogen (secondary N) is 1. The van der Waals surface area contributed by atoms with Crippen molar-refractivity contribution in [2.45, 2.75) is 48.1 Å². The highest BCUT2D eigenvalue weighted by Gasteiger charge is 2.19. The molecule has 1 aromatic heterocycles. The molecule has 0 saturated heterocycles. The molecule has 4 rings (SSSR count). The lowest BCUT2D eigenvalue weighted by atomic mass is 10.1. The first-order valence-corrected chi connectivity index (χ1v) is 14.9. The van der Waals surface area contributed by atoms with Crippen molar-refractivity contribution in [3.8, 4) is 5.69 Å². The molecule has 0 atom stereocenters. The van der Waals surface area contributed by atoms with E-state index in [0.29, 0.717) is 11.3 Å². The van der Waals surface area contributed by atoms with Gasteiger partial charge < -0.3 is 4.57 Å². The molecule has 40 heavy (non-hydrogen) atoms. The Kier molecular flexibility index (Phi) is 8.30. The van der Waals surface area contributed by atoms with Crippen molar-refractivity contribution in [2.75, 3.05) is 10.6 Å². The average molecular weight is 557 g/mol. The number of anilines is 1. The lowest BCUT2D eigenvalue weighted by Gasteiger charge is -2.23. The van der Waals surface area contributed by atoms with Crippen molar-refractivity contribution in [3.63, 3.8) is 0 Å². The molecule has 3 aromatic carbocycles. The fourth-order valence-corrected chi connectivity index (χ4v) is 5.66. The molecule has 0 bridgehead atoms. The fraction of sp³-hybridized carbons (Fsp3) is 0.250. The Morgan fingerprint density at radius 3 is 2.20 bits per heavy atom. The second-order valence-corrected chi connectivity index (χ2v) is 12.3. The summed E-state index contributed by atoms with van der Waals surface area (Å²) in [5.74, 6) is -0.347. The number of aromatic nitrogens is 1. The van der Waals surface area contributed by atoms with Crippen LogP contribution >= 0.6 is 0 Å². The van der Waals surface area contributed by atoms with Crippen molar-refractivity contribution in [1.29, 1.82) is 0 Å². The molecule has 8 heteroatoms. The molecule has 0 radical (unpaired) electrons. The molecule has 0 fully saturated rings. The molecule has 0 unspecified atom stereocenters. The van der Waals surface area contributed by atoms with Gasteiger partial charge in [0.2, 0.25) is 10.0 Å². The number of rotatable bonds is 8. The SMILES string of the molecule is Cc1ccc(-n2c(C)cc(/C=N/NC(=O)c3ccc(CN(c4ccc(C)c(C)c4)S(C)(=O)=O)cc3)c2C)c(C)c1. The van der Waals surface area contributed by atoms with E-state index in [-0.39, 0.29) is 12.5 Å². The van der Waals surface area contributed by atoms with Gasteiger partial charge in [0.05, 0.1) is 24.7 Å². The number of nitrogens with zero attached hydrogens (tertiary/aromatic N) is 3. The summed E-state index contributed by atoms with van der Waals surface area (Å²) in [5, 5.41) is 4.20. The Morgan fingerprint density at radius 2 is 1.57 bits per heavy atom. The van der Waals surface area contributed by atoms with Crippen molar-refractivity contribution < 1.29 is 13.2 Å². The number of carbonyl (C=O) groups excluding carboxylic acids is 1. The second-order valence-electron chi connectivity index (χ2n) is 10.4. The molecular weight excluding hydrogens is 520 g/mol. The van der Waals surface area contributed by atoms with Crippen molar-refractivity contribution in [3.05, 3.63) is 117 Å². The zero-order valence-corrected chi connectivity index (χ0v) is 24.9. The third kappa shape index (κ3) is 6.34. The van der Waals surface area contributed by atoms with Crippen molar-refractivity contribution >= 4 is 27.8 Å². The Hall–Kier alpha value is -4.17. The minimum absolute atomic E-state index is 0.164. The number of carbonyl (C=O) groups is 1. The summed E-state index contributed by atoms with van der Waals surface area (Å²) < 4.78 is 28.6. The third-order valence-electron chi connectivity index (χ3n) is 7.15. The molecule has 1 N–H and O–H groups in total. The van der Waals surface area contributed by atoms with Crippen LogP contribution in [-0.4, -0.2) is 31.4 Å². The first-order valence-electron chi connectivity index (χ1n) is 13.1. The summed E-state index contributed by atoms with van der Waals surface area (Å²) in [6.07, 6.45) is 2.85. The summed E-state index contributed by atoms with van der Waals surface area (Å²) in [4.78, 5) is 12.7. The van der Waals surface area contributed by atoms with Gasteiger partial charge in [-0.3, -0.25) is 9.10 Å². The van der Waals surface area contributed by atoms with Crippen LogP contribution in [0.2, 0.25) is 0 Å². The van der Waals surface area contributed by atoms with Crippen LogP contribution in [0.4, 0.5) is 5.69 Å². The molecule has 7 nitrogen and oxygen atoms in total. The van der Waals surface area contributed by atoms with Crippen LogP contribution in [0.5, 0.6) is 0 Å². The van der Waals surface area contributed by atoms with Crippen LogP contribution in [-0.2, 0) is 16.6 Å². The van der Waals surface area contributed by atoms with E-state index < -0.39 is 10.0 Å². The van der Waals surface area contributed by atoms with E-state index in [2.05, 4.69) is 54.1 Å². The van der Waals surface area contributed by atoms with Crippen LogP contribution in [0, 0.1) is 41.5 Å². The minimum Gasteiger partial charge on any atom is -0.318 e. The number of aryl methyl sites for hydroxylation is 5. The summed E-state index contributed by atoms with van der Waals surface area (Å²) in [6.45, 7) is 12.4. The normalized spacial score (nSPS) is 11.7. The number of sulfonamides is 1. The summed E-state index contributed by atoms with van der Waals surface area (Å²) in [5.41, 5.74) is 13.1. The Labute approximate surface area is 237 Å². The molecule has 0 aliphatic rings. The number of hydrazone groups is 1. The van der Waals surface area contributed by atoms with E-state index in [9.17, 15) is 13.2 Å². The van der Waals surface area contributed by atoms with E-state index in [1.165, 1.54) is 21.7 Å². The number of hydrogen-bond acceptors (Lipinski definition) is 4. The molecule has 0 aliphatic heterocycles. The van der Waals surface area contributed by atoms with Gasteiger partial charge in [0.25, 0.3) is 5.91 Å². The highest BCUT2D eigenvalue weighted by atomic mass is 32.2. The van der Waals surface area contributed by atoms with Crippen LogP contribution < -0.4 is 9.73 Å². The number of hydrogen-bond donors (Lipinski definition) is 1. The highest BCUT2D eigenvalue weighted by Crippen LogP contribution is 2.25. The molecule has 0 spiro atoms. The average Bonchev–Trinajstić information content (AvgIpc) is 3.16. The van der Waals surface area contributed by atoms with E-state index in [1.54, 1.807) is 30.5 Å². The maximum Gasteiger partial charge on any atom is 0.271 e. The number of amides is 1. The zero-order valence-electron chi connectivity index (χ0n) is 24.1. The lowest BCUT2D eigenvalue weighted by molar-refractivity contribution is 0.0955. The first kappa shape index (κ1) is 28.8. The third-order valence-corrected chi connectivity index (χ3v) is 8.29. The molecule has 1 heterocycles. The summed E-state index contributed by atoms with van der Waals surface area (Å²) >= 11 is 0. The lowest BCUT2D eigenvalue weighted by Crippen LogP contribution is -2.29. The summed E-state index contributed by atoms with van der Waals surface area (Å²) in [6, 6.07) is 20.9. The van der Waals surface area contributed by atoms with Gasteiger partial charge in [-0.05, 0) is 100 Å². The summed E-state index contributed by atoms with van der Waals surface area (Å²) in [7, 11) is -3.50. The minimum atomic E-state index is -3.50. The van der Waals surface area contributed by atoms with E-state index in [1.807, 2.05) is 45.0 Å². The fourth-order valence-electron chi connectivity index (χ4n) is 4.78. The zero-order chi connectivity index (χ0) is 29.2. The Balaban J connectivity index is 1.45. The van der Waals surface area contributed by atoms with Gasteiger partial charge in [0.15, 0.2) is 0 Å². The molecule has 4 aromatic rings. The van der Waals surface area contributed by atoms with Gasteiger partial charge in [-0.15, -0.1) is 0 Å². The second kappa shape index (κ2) is 11.5. The van der Waals surface area contributed by atoms with Gasteiger partial charge in [0.1, 0.15) is 0 Å². The predicted molar refractivity (Wildman–Crippen MR) is 163 cm³/mol. The van der Waals surface area contributed by atoms with Crippen LogP contribution in [0.3, 0.4) is 0 Å². The van der Waals surface area contributed by atoms with Gasteiger partial charge in [-0.2, -0.15) is 5.10 Å². The highest BCUT2D eigenvalue weighted by molar-refractivity contribution is 7.92. The van der Waals surface area contributed by atoms with Crippen LogP contribution in [0.25, 0.3) is 5.69 Å². The standard InChI is InChI=1S/C32H36N4O3S/c1-21-8-15-31(24(4)16-21)36-25(5)18-29(26(36)6)19-33-34-32(37)28-12-10-27(11-13-28)20-35(40(7,38)39)30-14-9-22(2)23(3)17-30/h8-19H,20H2,1-7H3,(H,34,37)/b33-19+. The molecule has 1 amide bonds. The largest absolute Gasteiger partial charge is 0.318 e. The molecule has 208 valence electrons. The van der Waals surface area contributed by atoms with Crippen molar-refractivity contribution in [2.24, 2.45) is 5.10 Å². The van der Waals surface area contributed by atoms with Crippen LogP contribution in [0.15, 0.2) is 71.8 Å². The monoisotopic (exact) mass is 556 g/mol. The van der Waals surface area contributed by atoms with E-state index in [0.717, 1.165) is 39.3 Å². The molecular formula is C32H36N4O3S. The van der Waals surface area contributed by atoms with Gasteiger partial charge in [-0.1, -0.05) is 35.9 Å². The smallest absolute Gasteiger partial charge is 0.271 e. The van der Waals surface area contributed by atoms with Gasteiger partial charge in [-0.25, -0.2) is 13.8 Å². The Bertz CT molecular complexity index is 1700.